The predicted molar refractivity (Wildman–Crippen MR) is 115 cm³/mol. The van der Waals surface area contributed by atoms with Crippen molar-refractivity contribution in [2.45, 2.75) is 32.8 Å². The van der Waals surface area contributed by atoms with Crippen LogP contribution < -0.4 is 5.32 Å². The van der Waals surface area contributed by atoms with Crippen LogP contribution in [0.25, 0.3) is 10.8 Å². The molecule has 1 aliphatic rings. The maximum Gasteiger partial charge on any atom is 0.256 e. The zero-order chi connectivity index (χ0) is 19.5. The molecule has 0 spiro atoms. The van der Waals surface area contributed by atoms with Gasteiger partial charge in [-0.05, 0) is 59.2 Å². The maximum atomic E-state index is 12.8. The number of rotatable bonds is 4. The van der Waals surface area contributed by atoms with E-state index in [0.29, 0.717) is 17.4 Å². The molecule has 144 valence electrons. The van der Waals surface area contributed by atoms with E-state index < -0.39 is 0 Å². The van der Waals surface area contributed by atoms with Crippen LogP contribution in [0.1, 0.15) is 36.2 Å². The minimum Gasteiger partial charge on any atom is -0.377 e. The number of hydrogen-bond donors (Lipinski definition) is 1. The van der Waals surface area contributed by atoms with E-state index in [0.717, 1.165) is 29.5 Å². The Morgan fingerprint density at radius 3 is 2.54 bits per heavy atom. The number of fused-ring (bicyclic) bond motifs is 1. The van der Waals surface area contributed by atoms with Crippen molar-refractivity contribution >= 4 is 22.4 Å². The Morgan fingerprint density at radius 2 is 1.75 bits per heavy atom. The fourth-order valence-electron chi connectivity index (χ4n) is 4.15. The van der Waals surface area contributed by atoms with E-state index in [-0.39, 0.29) is 12.0 Å². The molecule has 1 saturated heterocycles. The topological polar surface area (TPSA) is 38.3 Å². The molecule has 0 saturated carbocycles. The fraction of sp³-hybridized carbons (Fsp3) is 0.320. The minimum absolute atomic E-state index is 0.0808. The van der Waals surface area contributed by atoms with Crippen LogP contribution in [0.3, 0.4) is 0 Å². The number of benzene rings is 3. The lowest BCUT2D eigenvalue weighted by atomic mass is 9.87. The Kier molecular flexibility index (Phi) is 5.45. The van der Waals surface area contributed by atoms with Crippen molar-refractivity contribution in [2.24, 2.45) is 11.8 Å². The molecule has 1 fully saturated rings. The van der Waals surface area contributed by atoms with Gasteiger partial charge in [0.15, 0.2) is 0 Å². The molecule has 1 heterocycles. The standard InChI is InChI=1S/C25H27NO2/c1-17-14-18(2)24(28-16-17)15-19-10-12-21(13-11-19)26-25(27)23-9-5-7-20-6-3-4-8-22(20)23/h3-13,17-18,24H,14-16H2,1-2H3,(H,26,27). The van der Waals surface area contributed by atoms with Gasteiger partial charge in [0, 0.05) is 17.9 Å². The highest BCUT2D eigenvalue weighted by Gasteiger charge is 2.26. The zero-order valence-electron chi connectivity index (χ0n) is 16.5. The Labute approximate surface area is 166 Å². The largest absolute Gasteiger partial charge is 0.377 e. The van der Waals surface area contributed by atoms with Gasteiger partial charge in [-0.15, -0.1) is 0 Å². The first kappa shape index (κ1) is 18.7. The first-order chi connectivity index (χ1) is 13.6. The SMILES string of the molecule is CC1COC(Cc2ccc(NC(=O)c3cccc4ccccc34)cc2)C(C)C1. The van der Waals surface area contributed by atoms with Gasteiger partial charge in [-0.25, -0.2) is 0 Å². The normalized spacial score (nSPS) is 22.1. The number of anilines is 1. The molecule has 28 heavy (non-hydrogen) atoms. The van der Waals surface area contributed by atoms with E-state index in [1.807, 2.05) is 54.6 Å². The van der Waals surface area contributed by atoms with Crippen LogP contribution in [0.4, 0.5) is 5.69 Å². The maximum absolute atomic E-state index is 12.8. The molecule has 1 N–H and O–H groups in total. The van der Waals surface area contributed by atoms with Gasteiger partial charge >= 0.3 is 0 Å². The first-order valence-electron chi connectivity index (χ1n) is 10.1. The van der Waals surface area contributed by atoms with E-state index in [4.69, 9.17) is 4.74 Å². The Hall–Kier alpha value is -2.65. The highest BCUT2D eigenvalue weighted by Crippen LogP contribution is 2.27. The van der Waals surface area contributed by atoms with Gasteiger partial charge in [0.1, 0.15) is 0 Å². The summed E-state index contributed by atoms with van der Waals surface area (Å²) < 4.78 is 6.03. The molecule has 4 rings (SSSR count). The molecule has 0 aliphatic carbocycles. The second-order valence-corrected chi connectivity index (χ2v) is 8.07. The number of nitrogens with one attached hydrogen (secondary N) is 1. The van der Waals surface area contributed by atoms with Crippen LogP contribution in [0.15, 0.2) is 66.7 Å². The van der Waals surface area contributed by atoms with Crippen LogP contribution in [-0.2, 0) is 11.2 Å². The monoisotopic (exact) mass is 373 g/mol. The lowest BCUT2D eigenvalue weighted by Gasteiger charge is -2.33. The summed E-state index contributed by atoms with van der Waals surface area (Å²) in [6.45, 7) is 5.38. The molecular formula is C25H27NO2. The second kappa shape index (κ2) is 8.15. The molecule has 0 aromatic heterocycles. The minimum atomic E-state index is -0.0808. The molecular weight excluding hydrogens is 346 g/mol. The Bertz CT molecular complexity index is 958. The van der Waals surface area contributed by atoms with Crippen molar-refractivity contribution in [3.05, 3.63) is 77.9 Å². The summed E-state index contributed by atoms with van der Waals surface area (Å²) in [5, 5.41) is 5.07. The van der Waals surface area contributed by atoms with Crippen molar-refractivity contribution in [3.63, 3.8) is 0 Å². The number of hydrogen-bond acceptors (Lipinski definition) is 2. The van der Waals surface area contributed by atoms with Gasteiger partial charge < -0.3 is 10.1 Å². The third-order valence-electron chi connectivity index (χ3n) is 5.69. The molecule has 3 unspecified atom stereocenters. The quantitative estimate of drug-likeness (QED) is 0.637. The molecule has 3 atom stereocenters. The molecule has 3 aromatic carbocycles. The van der Waals surface area contributed by atoms with Crippen LogP contribution in [0.5, 0.6) is 0 Å². The summed E-state index contributed by atoms with van der Waals surface area (Å²) in [4.78, 5) is 12.8. The average molecular weight is 373 g/mol. The van der Waals surface area contributed by atoms with Crippen LogP contribution >= 0.6 is 0 Å². The summed E-state index contributed by atoms with van der Waals surface area (Å²) >= 11 is 0. The Morgan fingerprint density at radius 1 is 1.00 bits per heavy atom. The molecule has 3 heteroatoms. The fourth-order valence-corrected chi connectivity index (χ4v) is 4.15. The van der Waals surface area contributed by atoms with E-state index in [9.17, 15) is 4.79 Å². The molecule has 1 amide bonds. The second-order valence-electron chi connectivity index (χ2n) is 8.07. The van der Waals surface area contributed by atoms with Crippen molar-refractivity contribution in [1.82, 2.24) is 0 Å². The van der Waals surface area contributed by atoms with E-state index >= 15 is 0 Å². The summed E-state index contributed by atoms with van der Waals surface area (Å²) in [6.07, 6.45) is 2.43. The van der Waals surface area contributed by atoms with Crippen molar-refractivity contribution in [1.29, 1.82) is 0 Å². The van der Waals surface area contributed by atoms with Crippen molar-refractivity contribution in [2.75, 3.05) is 11.9 Å². The molecule has 1 aliphatic heterocycles. The van der Waals surface area contributed by atoms with E-state index in [1.54, 1.807) is 0 Å². The Balaban J connectivity index is 1.43. The highest BCUT2D eigenvalue weighted by atomic mass is 16.5. The molecule has 3 nitrogen and oxygen atoms in total. The lowest BCUT2D eigenvalue weighted by Crippen LogP contribution is -2.33. The number of carbonyl (C=O) groups is 1. The number of amides is 1. The molecule has 0 bridgehead atoms. The predicted octanol–water partition coefficient (Wildman–Crippen LogP) is 5.70. The average Bonchev–Trinajstić information content (AvgIpc) is 2.71. The van der Waals surface area contributed by atoms with Gasteiger partial charge in [-0.1, -0.05) is 62.4 Å². The van der Waals surface area contributed by atoms with Gasteiger partial charge in [0.05, 0.1) is 6.10 Å². The number of ether oxygens (including phenoxy) is 1. The smallest absolute Gasteiger partial charge is 0.256 e. The van der Waals surface area contributed by atoms with Gasteiger partial charge in [-0.3, -0.25) is 4.79 Å². The van der Waals surface area contributed by atoms with Gasteiger partial charge in [-0.2, -0.15) is 0 Å². The highest BCUT2D eigenvalue weighted by molar-refractivity contribution is 6.12. The van der Waals surface area contributed by atoms with Crippen LogP contribution in [-0.4, -0.2) is 18.6 Å². The first-order valence-corrected chi connectivity index (χ1v) is 10.1. The molecule has 3 aromatic rings. The third kappa shape index (κ3) is 4.10. The van der Waals surface area contributed by atoms with Crippen LogP contribution in [0, 0.1) is 11.8 Å². The molecule has 0 radical (unpaired) electrons. The summed E-state index contributed by atoms with van der Waals surface area (Å²) in [6, 6.07) is 21.9. The number of carbonyl (C=O) groups excluding carboxylic acids is 1. The zero-order valence-corrected chi connectivity index (χ0v) is 16.5. The summed E-state index contributed by atoms with van der Waals surface area (Å²) in [5.41, 5.74) is 2.75. The lowest BCUT2D eigenvalue weighted by molar-refractivity contribution is -0.0453. The summed E-state index contributed by atoms with van der Waals surface area (Å²) in [7, 11) is 0. The van der Waals surface area contributed by atoms with Crippen molar-refractivity contribution < 1.29 is 9.53 Å². The third-order valence-corrected chi connectivity index (χ3v) is 5.69. The van der Waals surface area contributed by atoms with E-state index in [2.05, 4.69) is 31.3 Å². The van der Waals surface area contributed by atoms with Crippen molar-refractivity contribution in [3.8, 4) is 0 Å². The summed E-state index contributed by atoms with van der Waals surface area (Å²) in [5.74, 6) is 1.15. The van der Waals surface area contributed by atoms with Gasteiger partial charge in [0.2, 0.25) is 0 Å². The van der Waals surface area contributed by atoms with E-state index in [1.165, 1.54) is 12.0 Å². The van der Waals surface area contributed by atoms with Gasteiger partial charge in [0.25, 0.3) is 5.91 Å². The van der Waals surface area contributed by atoms with Crippen LogP contribution in [0.2, 0.25) is 0 Å².